The summed E-state index contributed by atoms with van der Waals surface area (Å²) < 4.78 is 10.9. The molecule has 0 aromatic rings. The van der Waals surface area contributed by atoms with E-state index in [0.717, 1.165) is 25.7 Å². The zero-order chi connectivity index (χ0) is 17.0. The van der Waals surface area contributed by atoms with E-state index in [2.05, 4.69) is 10.0 Å². The molecule has 0 bridgehead atoms. The molecule has 2 atom stereocenters. The van der Waals surface area contributed by atoms with Crippen LogP contribution >= 0.6 is 0 Å². The van der Waals surface area contributed by atoms with Gasteiger partial charge in [0, 0.05) is 11.5 Å². The van der Waals surface area contributed by atoms with Gasteiger partial charge in [-0.3, -0.25) is 4.90 Å². The molecular formula is C15H24N4O4. The SMILES string of the molecule is CC(C)(C)OC(=O)N1C[C@@H](N=[N+]=[N-])C[C@@H]1C(=O)OC1CCCC1. The van der Waals surface area contributed by atoms with Crippen LogP contribution in [0, 0.1) is 0 Å². The number of amides is 1. The molecule has 8 heteroatoms. The van der Waals surface area contributed by atoms with E-state index in [4.69, 9.17) is 15.0 Å². The predicted octanol–water partition coefficient (Wildman–Crippen LogP) is 3.16. The van der Waals surface area contributed by atoms with E-state index in [1.54, 1.807) is 20.8 Å². The van der Waals surface area contributed by atoms with Crippen molar-refractivity contribution in [1.29, 1.82) is 0 Å². The first-order valence-electron chi connectivity index (χ1n) is 8.04. The topological polar surface area (TPSA) is 105 Å². The van der Waals surface area contributed by atoms with Crippen molar-refractivity contribution in [3.05, 3.63) is 10.4 Å². The van der Waals surface area contributed by atoms with Crippen molar-refractivity contribution in [1.82, 2.24) is 4.90 Å². The Labute approximate surface area is 135 Å². The Morgan fingerprint density at radius 3 is 2.48 bits per heavy atom. The molecule has 0 radical (unpaired) electrons. The minimum Gasteiger partial charge on any atom is -0.461 e. The molecule has 1 heterocycles. The predicted molar refractivity (Wildman–Crippen MR) is 82.6 cm³/mol. The summed E-state index contributed by atoms with van der Waals surface area (Å²) in [5, 5.41) is 3.64. The number of azide groups is 1. The summed E-state index contributed by atoms with van der Waals surface area (Å²) in [6.45, 7) is 5.45. The molecule has 1 aliphatic heterocycles. The lowest BCUT2D eigenvalue weighted by atomic mass is 10.2. The van der Waals surface area contributed by atoms with E-state index in [-0.39, 0.29) is 19.1 Å². The van der Waals surface area contributed by atoms with Crippen molar-refractivity contribution in [2.45, 2.75) is 76.7 Å². The van der Waals surface area contributed by atoms with Crippen LogP contribution in [0.4, 0.5) is 4.79 Å². The maximum Gasteiger partial charge on any atom is 0.411 e. The molecule has 2 rings (SSSR count). The summed E-state index contributed by atoms with van der Waals surface area (Å²) in [5.41, 5.74) is 7.94. The van der Waals surface area contributed by atoms with Crippen molar-refractivity contribution in [2.75, 3.05) is 6.54 Å². The van der Waals surface area contributed by atoms with Crippen LogP contribution in [0.25, 0.3) is 10.4 Å². The standard InChI is InChI=1S/C15H24N4O4/c1-15(2,3)23-14(21)19-9-10(17-18-16)8-12(19)13(20)22-11-6-4-5-7-11/h10-12H,4-9H2,1-3H3/t10-,12+/m0/s1. The van der Waals surface area contributed by atoms with Crippen LogP contribution in [-0.4, -0.2) is 47.3 Å². The number of esters is 1. The van der Waals surface area contributed by atoms with Gasteiger partial charge in [-0.05, 0) is 58.4 Å². The number of nitrogens with zero attached hydrogens (tertiary/aromatic N) is 4. The highest BCUT2D eigenvalue weighted by Crippen LogP contribution is 2.27. The van der Waals surface area contributed by atoms with Crippen LogP contribution in [-0.2, 0) is 14.3 Å². The number of ether oxygens (including phenoxy) is 2. The highest BCUT2D eigenvalue weighted by molar-refractivity contribution is 5.82. The average Bonchev–Trinajstić information content (AvgIpc) is 3.06. The van der Waals surface area contributed by atoms with Crippen molar-refractivity contribution in [2.24, 2.45) is 5.11 Å². The smallest absolute Gasteiger partial charge is 0.411 e. The molecule has 1 aliphatic carbocycles. The van der Waals surface area contributed by atoms with Gasteiger partial charge in [-0.2, -0.15) is 0 Å². The molecule has 1 saturated heterocycles. The summed E-state index contributed by atoms with van der Waals surface area (Å²) in [7, 11) is 0. The van der Waals surface area contributed by atoms with Gasteiger partial charge >= 0.3 is 12.1 Å². The third-order valence-electron chi connectivity index (χ3n) is 3.98. The Morgan fingerprint density at radius 2 is 1.91 bits per heavy atom. The molecule has 0 N–H and O–H groups in total. The van der Waals surface area contributed by atoms with E-state index in [1.807, 2.05) is 0 Å². The Kier molecular flexibility index (Phi) is 5.36. The van der Waals surface area contributed by atoms with E-state index in [9.17, 15) is 9.59 Å². The Hall–Kier alpha value is -1.95. The molecule has 23 heavy (non-hydrogen) atoms. The second kappa shape index (κ2) is 7.08. The van der Waals surface area contributed by atoms with Crippen molar-refractivity contribution >= 4 is 12.1 Å². The molecular weight excluding hydrogens is 300 g/mol. The first-order valence-corrected chi connectivity index (χ1v) is 8.04. The fraction of sp³-hybridized carbons (Fsp3) is 0.867. The Balaban J connectivity index is 2.07. The molecule has 0 aromatic heterocycles. The summed E-state index contributed by atoms with van der Waals surface area (Å²) in [4.78, 5) is 28.8. The number of likely N-dealkylation sites (tertiary alicyclic amines) is 1. The highest BCUT2D eigenvalue weighted by Gasteiger charge is 2.42. The molecule has 0 aromatic carbocycles. The second-order valence-electron chi connectivity index (χ2n) is 7.09. The van der Waals surface area contributed by atoms with Gasteiger partial charge in [0.05, 0.1) is 6.04 Å². The number of carbonyl (C=O) groups is 2. The average molecular weight is 324 g/mol. The highest BCUT2D eigenvalue weighted by atomic mass is 16.6. The van der Waals surface area contributed by atoms with E-state index < -0.39 is 29.7 Å². The van der Waals surface area contributed by atoms with Gasteiger partial charge in [0.25, 0.3) is 0 Å². The van der Waals surface area contributed by atoms with Gasteiger partial charge in [0.1, 0.15) is 17.7 Å². The Morgan fingerprint density at radius 1 is 1.26 bits per heavy atom. The fourth-order valence-corrected chi connectivity index (χ4v) is 2.97. The van der Waals surface area contributed by atoms with Crippen LogP contribution in [0.2, 0.25) is 0 Å². The van der Waals surface area contributed by atoms with Crippen LogP contribution < -0.4 is 0 Å². The van der Waals surface area contributed by atoms with Crippen LogP contribution in [0.15, 0.2) is 5.11 Å². The van der Waals surface area contributed by atoms with Gasteiger partial charge in [-0.1, -0.05) is 5.11 Å². The van der Waals surface area contributed by atoms with Crippen molar-refractivity contribution < 1.29 is 19.1 Å². The monoisotopic (exact) mass is 324 g/mol. The summed E-state index contributed by atoms with van der Waals surface area (Å²) in [6.07, 6.45) is 3.46. The largest absolute Gasteiger partial charge is 0.461 e. The molecule has 2 fully saturated rings. The van der Waals surface area contributed by atoms with Crippen LogP contribution in [0.5, 0.6) is 0 Å². The van der Waals surface area contributed by atoms with E-state index >= 15 is 0 Å². The van der Waals surface area contributed by atoms with Crippen molar-refractivity contribution in [3.63, 3.8) is 0 Å². The number of hydrogen-bond donors (Lipinski definition) is 0. The number of rotatable bonds is 3. The van der Waals surface area contributed by atoms with Gasteiger partial charge in [-0.15, -0.1) is 0 Å². The molecule has 1 amide bonds. The Bertz CT molecular complexity index is 504. The summed E-state index contributed by atoms with van der Waals surface area (Å²) in [5.74, 6) is -0.432. The maximum atomic E-state index is 12.4. The normalized spacial score (nSPS) is 25.1. The third kappa shape index (κ3) is 4.76. The first kappa shape index (κ1) is 17.4. The zero-order valence-electron chi connectivity index (χ0n) is 13.9. The van der Waals surface area contributed by atoms with Gasteiger partial charge in [0.2, 0.25) is 0 Å². The number of hydrogen-bond acceptors (Lipinski definition) is 5. The van der Waals surface area contributed by atoms with Gasteiger partial charge in [0.15, 0.2) is 0 Å². The maximum absolute atomic E-state index is 12.4. The van der Waals surface area contributed by atoms with Crippen LogP contribution in [0.3, 0.4) is 0 Å². The van der Waals surface area contributed by atoms with Crippen molar-refractivity contribution in [3.8, 4) is 0 Å². The quantitative estimate of drug-likeness (QED) is 0.344. The zero-order valence-corrected chi connectivity index (χ0v) is 13.9. The fourth-order valence-electron chi connectivity index (χ4n) is 2.97. The molecule has 128 valence electrons. The minimum atomic E-state index is -0.749. The lowest BCUT2D eigenvalue weighted by molar-refractivity contribution is -0.154. The van der Waals surface area contributed by atoms with Crippen LogP contribution in [0.1, 0.15) is 52.9 Å². The first-order chi connectivity index (χ1) is 10.8. The lowest BCUT2D eigenvalue weighted by Gasteiger charge is -2.28. The second-order valence-corrected chi connectivity index (χ2v) is 7.09. The molecule has 2 aliphatic rings. The molecule has 1 saturated carbocycles. The minimum absolute atomic E-state index is 0.0681. The number of carbonyl (C=O) groups excluding carboxylic acids is 2. The van der Waals surface area contributed by atoms with E-state index in [1.165, 1.54) is 4.90 Å². The molecule has 8 nitrogen and oxygen atoms in total. The van der Waals surface area contributed by atoms with Gasteiger partial charge in [-0.25, -0.2) is 9.59 Å². The van der Waals surface area contributed by atoms with Gasteiger partial charge < -0.3 is 9.47 Å². The molecule has 0 unspecified atom stereocenters. The lowest BCUT2D eigenvalue weighted by Crippen LogP contribution is -2.44. The molecule has 0 spiro atoms. The third-order valence-corrected chi connectivity index (χ3v) is 3.98. The van der Waals surface area contributed by atoms with E-state index in [0.29, 0.717) is 0 Å². The summed E-state index contributed by atoms with van der Waals surface area (Å²) >= 11 is 0. The summed E-state index contributed by atoms with van der Waals surface area (Å²) in [6, 6.07) is -1.19.